The van der Waals surface area contributed by atoms with E-state index in [0.29, 0.717) is 17.1 Å². The lowest BCUT2D eigenvalue weighted by atomic mass is 10.0. The summed E-state index contributed by atoms with van der Waals surface area (Å²) in [5.74, 6) is -1.92. The van der Waals surface area contributed by atoms with Gasteiger partial charge in [0.2, 0.25) is 0 Å². The zero-order valence-corrected chi connectivity index (χ0v) is 22.1. The van der Waals surface area contributed by atoms with Gasteiger partial charge in [0.25, 0.3) is 17.5 Å². The molecule has 12 nitrogen and oxygen atoms in total. The number of carboxylic acid groups (broad SMARTS) is 1. The summed E-state index contributed by atoms with van der Waals surface area (Å²) in [6.45, 7) is 0. The number of aryl methyl sites for hydroxylation is 1. The molecule has 15 heteroatoms. The van der Waals surface area contributed by atoms with Crippen LogP contribution in [0.15, 0.2) is 57.4 Å². The van der Waals surface area contributed by atoms with Gasteiger partial charge in [0.15, 0.2) is 15.9 Å². The lowest BCUT2D eigenvalue weighted by Gasteiger charge is -2.50. The van der Waals surface area contributed by atoms with Crippen molar-refractivity contribution in [1.29, 1.82) is 0 Å². The first kappa shape index (κ1) is 25.1. The SMILES string of the molecule is CO/N=C(\C(=O)N[C@@H]1C(=O)N2C(C(=O)[O-])=C(CSc3cccc4n3cc[n+]4C)CS[C@@H]12)c1csc(N)n1. The third-order valence-corrected chi connectivity index (χ3v) is 8.99. The minimum absolute atomic E-state index is 0.136. The maximum absolute atomic E-state index is 13.0. The van der Waals surface area contributed by atoms with Gasteiger partial charge in [0.05, 0.1) is 18.7 Å². The number of oxime groups is 1. The highest BCUT2D eigenvalue weighted by Crippen LogP contribution is 2.41. The number of thiazole rings is 1. The number of pyridine rings is 1. The highest BCUT2D eigenvalue weighted by molar-refractivity contribution is 8.01. The van der Waals surface area contributed by atoms with Gasteiger partial charge in [-0.2, -0.15) is 4.40 Å². The standard InChI is InChI=1S/C22H21N7O5S3/c1-27-6-7-28-13(27)4-3-5-14(28)35-8-11-9-36-20-16(19(31)29(20)17(11)21(32)33)25-18(30)15(26-34-2)12-10-37-22(23)24-12/h3-7,10,16,20H,8-9H2,1-2H3,(H3-,23,24,25,30,32,33)/b26-15-/t16-,20+/m1/s1. The molecule has 5 heterocycles. The normalized spacial score (nSPS) is 19.6. The summed E-state index contributed by atoms with van der Waals surface area (Å²) in [7, 11) is 3.23. The highest BCUT2D eigenvalue weighted by atomic mass is 32.2. The quantitative estimate of drug-likeness (QED) is 0.120. The van der Waals surface area contributed by atoms with E-state index in [1.165, 1.54) is 35.5 Å². The largest absolute Gasteiger partial charge is 0.543 e. The number of hydrogen-bond acceptors (Lipinski definition) is 11. The summed E-state index contributed by atoms with van der Waals surface area (Å²) in [6, 6.07) is 4.93. The minimum Gasteiger partial charge on any atom is -0.543 e. The summed E-state index contributed by atoms with van der Waals surface area (Å²) in [5.41, 5.74) is 7.16. The zero-order valence-electron chi connectivity index (χ0n) is 19.6. The number of carbonyl (C=O) groups excluding carboxylic acids is 3. The summed E-state index contributed by atoms with van der Waals surface area (Å²) >= 11 is 3.98. The summed E-state index contributed by atoms with van der Waals surface area (Å²) in [5, 5.41) is 20.6. The van der Waals surface area contributed by atoms with Crippen LogP contribution in [0.1, 0.15) is 5.69 Å². The average Bonchev–Trinajstić information content (AvgIpc) is 3.49. The number of rotatable bonds is 8. The van der Waals surface area contributed by atoms with Crippen molar-refractivity contribution >= 4 is 69.1 Å². The van der Waals surface area contributed by atoms with Gasteiger partial charge in [-0.25, -0.2) is 9.55 Å². The molecule has 5 rings (SSSR count). The van der Waals surface area contributed by atoms with Crippen LogP contribution in [-0.2, 0) is 26.3 Å². The molecule has 0 radical (unpaired) electrons. The van der Waals surface area contributed by atoms with Crippen molar-refractivity contribution in [3.8, 4) is 0 Å². The molecule has 0 unspecified atom stereocenters. The van der Waals surface area contributed by atoms with E-state index in [-0.39, 0.29) is 22.2 Å². The number of nitrogens with zero attached hydrogens (tertiary/aromatic N) is 5. The lowest BCUT2D eigenvalue weighted by Crippen LogP contribution is -2.71. The molecule has 0 saturated carbocycles. The number of hydrogen-bond donors (Lipinski definition) is 2. The van der Waals surface area contributed by atoms with E-state index in [4.69, 9.17) is 10.6 Å². The van der Waals surface area contributed by atoms with Gasteiger partial charge in [-0.3, -0.25) is 14.5 Å². The Bertz CT molecular complexity index is 1480. The predicted molar refractivity (Wildman–Crippen MR) is 136 cm³/mol. The maximum atomic E-state index is 13.0. The van der Waals surface area contributed by atoms with E-state index in [1.807, 2.05) is 46.6 Å². The Hall–Kier alpha value is -3.56. The number of carbonyl (C=O) groups is 3. The number of aliphatic carboxylic acids is 1. The predicted octanol–water partition coefficient (Wildman–Crippen LogP) is -0.651. The molecule has 37 heavy (non-hydrogen) atoms. The van der Waals surface area contributed by atoms with Gasteiger partial charge < -0.3 is 25.8 Å². The Labute approximate surface area is 223 Å². The van der Waals surface area contributed by atoms with E-state index in [1.54, 1.807) is 5.38 Å². The van der Waals surface area contributed by atoms with Crippen LogP contribution in [0.4, 0.5) is 5.13 Å². The number of carboxylic acids is 1. The van der Waals surface area contributed by atoms with Crippen LogP contribution in [0, 0.1) is 0 Å². The molecular formula is C22H21N7O5S3. The van der Waals surface area contributed by atoms with E-state index in [9.17, 15) is 19.5 Å². The average molecular weight is 560 g/mol. The molecule has 3 aromatic heterocycles. The van der Waals surface area contributed by atoms with Crippen molar-refractivity contribution in [1.82, 2.24) is 19.6 Å². The topological polar surface area (TPSA) is 158 Å². The first-order chi connectivity index (χ1) is 17.8. The number of β-lactam (4-membered cyclic amide) rings is 1. The lowest BCUT2D eigenvalue weighted by molar-refractivity contribution is -0.644. The minimum atomic E-state index is -1.43. The molecule has 0 aliphatic carbocycles. The Morgan fingerprint density at radius 1 is 1.43 bits per heavy atom. The van der Waals surface area contributed by atoms with E-state index < -0.39 is 29.2 Å². The number of fused-ring (bicyclic) bond motifs is 2. The van der Waals surface area contributed by atoms with Gasteiger partial charge in [-0.05, 0) is 17.7 Å². The smallest absolute Gasteiger partial charge is 0.286 e. The molecule has 1 fully saturated rings. The molecule has 0 bridgehead atoms. The number of nitrogen functional groups attached to an aromatic ring is 1. The fraction of sp³-hybridized carbons (Fsp3) is 0.273. The van der Waals surface area contributed by atoms with Crippen LogP contribution in [0.2, 0.25) is 0 Å². The van der Waals surface area contributed by atoms with E-state index >= 15 is 0 Å². The molecule has 2 amide bonds. The monoisotopic (exact) mass is 559 g/mol. The highest BCUT2D eigenvalue weighted by Gasteiger charge is 2.53. The van der Waals surface area contributed by atoms with Gasteiger partial charge >= 0.3 is 0 Å². The molecule has 192 valence electrons. The van der Waals surface area contributed by atoms with Crippen molar-refractivity contribution in [3.63, 3.8) is 0 Å². The first-order valence-electron chi connectivity index (χ1n) is 10.9. The number of aromatic nitrogens is 3. The van der Waals surface area contributed by atoms with Crippen LogP contribution in [0.5, 0.6) is 0 Å². The van der Waals surface area contributed by atoms with Crippen molar-refractivity contribution in [2.75, 3.05) is 24.3 Å². The Morgan fingerprint density at radius 3 is 2.95 bits per heavy atom. The van der Waals surface area contributed by atoms with Gasteiger partial charge in [-0.1, -0.05) is 16.9 Å². The van der Waals surface area contributed by atoms with Crippen molar-refractivity contribution in [3.05, 3.63) is 52.9 Å². The third-order valence-electron chi connectivity index (χ3n) is 5.85. The Balaban J connectivity index is 1.33. The van der Waals surface area contributed by atoms with Gasteiger partial charge in [0.1, 0.15) is 36.6 Å². The molecule has 2 atom stereocenters. The summed E-state index contributed by atoms with van der Waals surface area (Å²) < 4.78 is 3.99. The van der Waals surface area contributed by atoms with Crippen LogP contribution in [0.25, 0.3) is 5.65 Å². The van der Waals surface area contributed by atoms with Crippen molar-refractivity contribution in [2.45, 2.75) is 16.4 Å². The van der Waals surface area contributed by atoms with E-state index in [0.717, 1.165) is 22.0 Å². The molecule has 0 aromatic carbocycles. The zero-order chi connectivity index (χ0) is 26.3. The molecule has 1 saturated heterocycles. The molecule has 3 N–H and O–H groups in total. The summed E-state index contributed by atoms with van der Waals surface area (Å²) in [4.78, 5) is 48.0. The Morgan fingerprint density at radius 2 is 2.24 bits per heavy atom. The number of anilines is 1. The Kier molecular flexibility index (Phi) is 6.83. The van der Waals surface area contributed by atoms with Gasteiger partial charge in [-0.15, -0.1) is 23.1 Å². The number of imidazole rings is 1. The van der Waals surface area contributed by atoms with Crippen LogP contribution >= 0.6 is 34.9 Å². The van der Waals surface area contributed by atoms with Crippen molar-refractivity contribution < 1.29 is 28.9 Å². The van der Waals surface area contributed by atoms with Crippen LogP contribution < -0.4 is 20.7 Å². The molecule has 2 aliphatic rings. The van der Waals surface area contributed by atoms with Crippen LogP contribution in [0.3, 0.4) is 0 Å². The molecular weight excluding hydrogens is 538 g/mol. The van der Waals surface area contributed by atoms with Crippen molar-refractivity contribution in [2.24, 2.45) is 12.2 Å². The molecule has 3 aromatic rings. The van der Waals surface area contributed by atoms with E-state index in [2.05, 4.69) is 15.5 Å². The number of amides is 2. The molecule has 2 aliphatic heterocycles. The van der Waals surface area contributed by atoms with Crippen LogP contribution in [-0.4, -0.2) is 67.8 Å². The first-order valence-corrected chi connectivity index (χ1v) is 13.8. The second kappa shape index (κ2) is 10.1. The molecule has 0 spiro atoms. The fourth-order valence-electron chi connectivity index (χ4n) is 4.13. The maximum Gasteiger partial charge on any atom is 0.286 e. The number of nitrogens with two attached hydrogens (primary N) is 1. The summed E-state index contributed by atoms with van der Waals surface area (Å²) in [6.07, 6.45) is 3.87. The van der Waals surface area contributed by atoms with Gasteiger partial charge in [0, 0.05) is 23.0 Å². The number of thioether (sulfide) groups is 2. The second-order valence-corrected chi connectivity index (χ2v) is 11.1. The fourth-order valence-corrected chi connectivity index (χ4v) is 7.19. The number of nitrogens with one attached hydrogen (secondary N) is 1. The third kappa shape index (κ3) is 4.53. The second-order valence-electron chi connectivity index (χ2n) is 8.08.